The highest BCUT2D eigenvalue weighted by atomic mass is 16.5. The number of aliphatic hydroxyl groups excluding tert-OH is 1. The average Bonchev–Trinajstić information content (AvgIpc) is 2.15. The third-order valence-electron chi connectivity index (χ3n) is 2.59. The molecule has 0 fully saturated rings. The summed E-state index contributed by atoms with van der Waals surface area (Å²) in [5.41, 5.74) is -0.240. The summed E-state index contributed by atoms with van der Waals surface area (Å²) in [7, 11) is 0. The third kappa shape index (κ3) is 4.98. The van der Waals surface area contributed by atoms with Crippen molar-refractivity contribution in [3.8, 4) is 0 Å². The molecule has 0 heterocycles. The van der Waals surface area contributed by atoms with E-state index >= 15 is 0 Å². The number of aliphatic hydroxyl groups is 1. The Morgan fingerprint density at radius 2 is 2.07 bits per heavy atom. The first-order chi connectivity index (χ1) is 6.81. The first-order valence-electron chi connectivity index (χ1n) is 5.28. The van der Waals surface area contributed by atoms with E-state index in [1.807, 2.05) is 27.7 Å². The highest BCUT2D eigenvalue weighted by molar-refractivity contribution is 5.81. The first kappa shape index (κ1) is 14.2. The first-order valence-corrected chi connectivity index (χ1v) is 5.28. The number of ether oxygens (including phenoxy) is 1. The molecule has 0 amide bonds. The molecule has 0 radical (unpaired) electrons. The van der Waals surface area contributed by atoms with E-state index in [9.17, 15) is 9.90 Å². The van der Waals surface area contributed by atoms with Crippen LogP contribution in [0.5, 0.6) is 0 Å². The molecule has 0 saturated carbocycles. The van der Waals surface area contributed by atoms with Crippen molar-refractivity contribution in [2.45, 2.75) is 40.2 Å². The van der Waals surface area contributed by atoms with Crippen molar-refractivity contribution in [3.05, 3.63) is 12.7 Å². The van der Waals surface area contributed by atoms with Crippen LogP contribution in [0.4, 0.5) is 0 Å². The normalized spacial score (nSPS) is 13.7. The van der Waals surface area contributed by atoms with Crippen LogP contribution in [-0.2, 0) is 9.53 Å². The summed E-state index contributed by atoms with van der Waals surface area (Å²) in [6, 6.07) is 0. The van der Waals surface area contributed by atoms with E-state index in [2.05, 4.69) is 6.58 Å². The minimum Gasteiger partial charge on any atom is -0.463 e. The Balaban J connectivity index is 4.03. The largest absolute Gasteiger partial charge is 0.463 e. The lowest BCUT2D eigenvalue weighted by Gasteiger charge is -2.32. The summed E-state index contributed by atoms with van der Waals surface area (Å²) < 4.78 is 4.89. The van der Waals surface area contributed by atoms with Gasteiger partial charge >= 0.3 is 5.97 Å². The van der Waals surface area contributed by atoms with Gasteiger partial charge in [-0.25, -0.2) is 4.79 Å². The maximum atomic E-state index is 10.8. The number of carbonyl (C=O) groups excluding carboxylic acids is 1. The summed E-state index contributed by atoms with van der Waals surface area (Å²) in [4.78, 5) is 10.8. The zero-order valence-electron chi connectivity index (χ0n) is 10.1. The fourth-order valence-corrected chi connectivity index (χ4v) is 1.52. The van der Waals surface area contributed by atoms with E-state index in [0.29, 0.717) is 13.0 Å². The Hall–Kier alpha value is -0.830. The highest BCUT2D eigenvalue weighted by Gasteiger charge is 2.29. The molecule has 0 aromatic heterocycles. The van der Waals surface area contributed by atoms with E-state index in [0.717, 1.165) is 6.08 Å². The molecule has 0 aliphatic carbocycles. The molecule has 0 bridgehead atoms. The molecule has 3 nitrogen and oxygen atoms in total. The van der Waals surface area contributed by atoms with Gasteiger partial charge in [-0.15, -0.1) is 0 Å². The number of carbonyl (C=O) groups is 1. The van der Waals surface area contributed by atoms with Crippen molar-refractivity contribution in [1.82, 2.24) is 0 Å². The van der Waals surface area contributed by atoms with Gasteiger partial charge in [-0.05, 0) is 17.8 Å². The van der Waals surface area contributed by atoms with Crippen molar-refractivity contribution in [1.29, 1.82) is 0 Å². The fraction of sp³-hybridized carbons (Fsp3) is 0.750. The summed E-state index contributed by atoms with van der Waals surface area (Å²) in [6.45, 7) is 11.5. The second-order valence-electron chi connectivity index (χ2n) is 4.80. The second-order valence-corrected chi connectivity index (χ2v) is 4.80. The Morgan fingerprint density at radius 3 is 2.47 bits per heavy atom. The molecule has 15 heavy (non-hydrogen) atoms. The highest BCUT2D eigenvalue weighted by Crippen LogP contribution is 2.29. The van der Waals surface area contributed by atoms with Gasteiger partial charge in [0.05, 0.1) is 12.7 Å². The average molecular weight is 214 g/mol. The van der Waals surface area contributed by atoms with Crippen LogP contribution in [0.2, 0.25) is 0 Å². The van der Waals surface area contributed by atoms with Crippen molar-refractivity contribution >= 4 is 5.97 Å². The lowest BCUT2D eigenvalue weighted by Crippen LogP contribution is -2.34. The van der Waals surface area contributed by atoms with Crippen LogP contribution in [-0.4, -0.2) is 23.8 Å². The lowest BCUT2D eigenvalue weighted by atomic mass is 9.78. The number of hydrogen-bond acceptors (Lipinski definition) is 3. The fourth-order valence-electron chi connectivity index (χ4n) is 1.52. The van der Waals surface area contributed by atoms with Crippen LogP contribution in [0.25, 0.3) is 0 Å². The monoisotopic (exact) mass is 214 g/mol. The molecule has 1 atom stereocenters. The van der Waals surface area contributed by atoms with Crippen molar-refractivity contribution in [2.75, 3.05) is 6.61 Å². The molecular weight excluding hydrogens is 192 g/mol. The van der Waals surface area contributed by atoms with Gasteiger partial charge in [0, 0.05) is 6.08 Å². The molecule has 1 N–H and O–H groups in total. The van der Waals surface area contributed by atoms with Gasteiger partial charge in [-0.2, -0.15) is 0 Å². The van der Waals surface area contributed by atoms with E-state index in [-0.39, 0.29) is 17.4 Å². The smallest absolute Gasteiger partial charge is 0.330 e. The number of esters is 1. The zero-order valence-corrected chi connectivity index (χ0v) is 10.1. The van der Waals surface area contributed by atoms with Crippen LogP contribution in [0.1, 0.15) is 34.1 Å². The second kappa shape index (κ2) is 5.91. The molecule has 0 rings (SSSR count). The van der Waals surface area contributed by atoms with Crippen LogP contribution in [0.3, 0.4) is 0 Å². The predicted octanol–water partition coefficient (Wildman–Crippen LogP) is 2.15. The van der Waals surface area contributed by atoms with Crippen molar-refractivity contribution in [3.63, 3.8) is 0 Å². The molecule has 88 valence electrons. The summed E-state index contributed by atoms with van der Waals surface area (Å²) in [6.07, 6.45) is 1.40. The molecule has 0 spiro atoms. The van der Waals surface area contributed by atoms with Gasteiger partial charge in [0.1, 0.15) is 0 Å². The Kier molecular flexibility index (Phi) is 5.58. The van der Waals surface area contributed by atoms with E-state index in [4.69, 9.17) is 4.74 Å². The Bertz CT molecular complexity index is 219. The summed E-state index contributed by atoms with van der Waals surface area (Å²) in [5, 5.41) is 9.92. The Morgan fingerprint density at radius 1 is 1.53 bits per heavy atom. The van der Waals surface area contributed by atoms with Crippen LogP contribution < -0.4 is 0 Å². The van der Waals surface area contributed by atoms with Crippen molar-refractivity contribution in [2.24, 2.45) is 11.3 Å². The van der Waals surface area contributed by atoms with Gasteiger partial charge in [0.2, 0.25) is 0 Å². The minimum atomic E-state index is -0.412. The van der Waals surface area contributed by atoms with E-state index in [1.165, 1.54) is 0 Å². The molecule has 0 saturated heterocycles. The number of hydrogen-bond donors (Lipinski definition) is 1. The van der Waals surface area contributed by atoms with Gasteiger partial charge in [0.25, 0.3) is 0 Å². The minimum absolute atomic E-state index is 0.204. The summed E-state index contributed by atoms with van der Waals surface area (Å²) in [5.74, 6) is -0.208. The quantitative estimate of drug-likeness (QED) is 0.544. The van der Waals surface area contributed by atoms with Gasteiger partial charge in [-0.1, -0.05) is 34.3 Å². The lowest BCUT2D eigenvalue weighted by molar-refractivity contribution is -0.139. The molecule has 0 aromatic carbocycles. The predicted molar refractivity (Wildman–Crippen MR) is 60.4 cm³/mol. The maximum absolute atomic E-state index is 10.8. The van der Waals surface area contributed by atoms with E-state index in [1.54, 1.807) is 0 Å². The molecule has 1 unspecified atom stereocenters. The number of rotatable bonds is 6. The van der Waals surface area contributed by atoms with Gasteiger partial charge in [-0.3, -0.25) is 0 Å². The van der Waals surface area contributed by atoms with Crippen molar-refractivity contribution < 1.29 is 14.6 Å². The molecular formula is C12H22O3. The third-order valence-corrected chi connectivity index (χ3v) is 2.59. The molecule has 0 aliphatic rings. The molecule has 3 heteroatoms. The van der Waals surface area contributed by atoms with Crippen LogP contribution in [0.15, 0.2) is 12.7 Å². The van der Waals surface area contributed by atoms with E-state index < -0.39 is 5.97 Å². The topological polar surface area (TPSA) is 46.5 Å². The SMILES string of the molecule is C=CC(=O)OCCC(C)(C)C(O)C(C)C. The maximum Gasteiger partial charge on any atom is 0.330 e. The zero-order chi connectivity index (χ0) is 12.1. The van der Waals surface area contributed by atoms with Crippen LogP contribution in [0, 0.1) is 11.3 Å². The van der Waals surface area contributed by atoms with Gasteiger partial charge in [0.15, 0.2) is 0 Å². The molecule has 0 aliphatic heterocycles. The standard InChI is InChI=1S/C12H22O3/c1-6-10(13)15-8-7-12(4,5)11(14)9(2)3/h6,9,11,14H,1,7-8H2,2-5H3. The van der Waals surface area contributed by atoms with Gasteiger partial charge < -0.3 is 9.84 Å². The molecule has 0 aromatic rings. The van der Waals surface area contributed by atoms with Crippen LogP contribution >= 0.6 is 0 Å². The Labute approximate surface area is 92.1 Å². The summed E-state index contributed by atoms with van der Waals surface area (Å²) >= 11 is 0.